The fraction of sp³-hybridized carbons (Fsp3) is 0.722. The quantitative estimate of drug-likeness (QED) is 0.0254. The number of urea groups is 1. The minimum absolute atomic E-state index is 0.0259. The summed E-state index contributed by atoms with van der Waals surface area (Å²) in [5.74, 6) is -1.03. The van der Waals surface area contributed by atoms with Crippen molar-refractivity contribution in [3.63, 3.8) is 0 Å². The molecule has 0 spiro atoms. The third-order valence-electron chi connectivity index (χ3n) is 13.0. The molecule has 2 saturated heterocycles. The topological polar surface area (TPSA) is 206 Å². The third-order valence-corrected chi connectivity index (χ3v) is 13.0. The Morgan fingerprint density at radius 3 is 2.10 bits per heavy atom. The maximum atomic E-state index is 13.9. The second kappa shape index (κ2) is 33.6. The minimum atomic E-state index is -0.988. The average Bonchev–Trinajstić information content (AvgIpc) is 3.73. The normalized spacial score (nSPS) is 17.2. The second-order valence-electron chi connectivity index (χ2n) is 20.5. The standard InChI is InChI=1S/C30H56N4O3.C13H22N2O3.C9H11NO2.C2H6/c1-10-12-16-30(9,15-11-2)25(26(36)34-18-13-14-22(34)3)32-27(37)31-23(28(4,5)6)21-33-19-17-29(7,8)20-24(33)35;1-3-5-7-8-11(15-10-16)12(17)13(18)14-9-6-4-2;1-7-4-2-3-5-8(7)6-10-9(11)12;1-2/h22-23,25H,10-21H2,1-9H3,(H2,31,32,37);4,10-11H,2-3,5-9H2,1H3,(H,14,18)(H,15,16);2-5,10H,6H2,1H3,(H,11,12);1-2H3. The number of piperidine rings is 1. The van der Waals surface area contributed by atoms with Gasteiger partial charge in [-0.15, -0.1) is 6.58 Å². The van der Waals surface area contributed by atoms with Gasteiger partial charge in [-0.1, -0.05) is 145 Å². The number of amides is 7. The molecule has 0 saturated carbocycles. The predicted molar refractivity (Wildman–Crippen MR) is 279 cm³/mol. The number of benzene rings is 1. The molecule has 5 unspecified atom stereocenters. The summed E-state index contributed by atoms with van der Waals surface area (Å²) in [6, 6.07) is 6.07. The number of nitrogens with one attached hydrogen (secondary N) is 5. The fourth-order valence-electron chi connectivity index (χ4n) is 8.46. The number of ketones is 1. The highest BCUT2D eigenvalue weighted by molar-refractivity contribution is 6.38. The summed E-state index contributed by atoms with van der Waals surface area (Å²) in [5.41, 5.74) is 1.58. The van der Waals surface area contributed by atoms with Gasteiger partial charge in [-0.05, 0) is 86.2 Å². The summed E-state index contributed by atoms with van der Waals surface area (Å²) in [6.45, 7) is 33.4. The first-order valence-corrected chi connectivity index (χ1v) is 25.8. The number of unbranched alkanes of at least 4 members (excludes halogenated alkanes) is 3. The van der Waals surface area contributed by atoms with Crippen LogP contribution in [0.2, 0.25) is 0 Å². The van der Waals surface area contributed by atoms with Crippen LogP contribution in [0.25, 0.3) is 0 Å². The molecule has 3 rings (SSSR count). The number of Topliss-reactive ketones (excluding diaryl/α,β-unsaturated/α-hetero) is 1. The zero-order valence-corrected chi connectivity index (χ0v) is 45.1. The van der Waals surface area contributed by atoms with Crippen LogP contribution in [0.5, 0.6) is 0 Å². The van der Waals surface area contributed by atoms with E-state index in [0.29, 0.717) is 51.9 Å². The number of hydrogen-bond donors (Lipinski definition) is 6. The molecule has 1 aromatic rings. The Morgan fingerprint density at radius 2 is 1.58 bits per heavy atom. The Balaban J connectivity index is 0.00000119. The molecule has 0 radical (unpaired) electrons. The largest absolute Gasteiger partial charge is 0.465 e. The lowest BCUT2D eigenvalue weighted by Crippen LogP contribution is -2.61. The first kappa shape index (κ1) is 64.0. The van der Waals surface area contributed by atoms with Gasteiger partial charge in [0.05, 0.1) is 12.1 Å². The number of carbonyl (C=O) groups is 7. The third kappa shape index (κ3) is 24.4. The summed E-state index contributed by atoms with van der Waals surface area (Å²) >= 11 is 0. The number of aryl methyl sites for hydroxylation is 1. The van der Waals surface area contributed by atoms with Crippen molar-refractivity contribution in [1.82, 2.24) is 36.4 Å². The Morgan fingerprint density at radius 1 is 0.928 bits per heavy atom. The zero-order valence-electron chi connectivity index (χ0n) is 45.1. The van der Waals surface area contributed by atoms with Crippen LogP contribution in [0.1, 0.15) is 184 Å². The molecule has 5 atom stereocenters. The highest BCUT2D eigenvalue weighted by Gasteiger charge is 2.44. The van der Waals surface area contributed by atoms with Crippen molar-refractivity contribution in [3.8, 4) is 0 Å². The van der Waals surface area contributed by atoms with Crippen molar-refractivity contribution in [2.75, 3.05) is 26.2 Å². The van der Waals surface area contributed by atoms with Crippen LogP contribution in [0.3, 0.4) is 0 Å². The van der Waals surface area contributed by atoms with Crippen molar-refractivity contribution >= 4 is 42.0 Å². The maximum absolute atomic E-state index is 13.9. The smallest absolute Gasteiger partial charge is 0.404 e. The van der Waals surface area contributed by atoms with Gasteiger partial charge in [-0.3, -0.25) is 24.0 Å². The maximum Gasteiger partial charge on any atom is 0.404 e. The van der Waals surface area contributed by atoms with E-state index in [1.54, 1.807) is 6.08 Å². The van der Waals surface area contributed by atoms with Gasteiger partial charge in [0.2, 0.25) is 24.0 Å². The highest BCUT2D eigenvalue weighted by atomic mass is 16.4. The van der Waals surface area contributed by atoms with Gasteiger partial charge >= 0.3 is 12.1 Å². The van der Waals surface area contributed by atoms with Crippen LogP contribution in [0.4, 0.5) is 9.59 Å². The van der Waals surface area contributed by atoms with Crippen LogP contribution < -0.4 is 26.6 Å². The molecule has 0 aliphatic carbocycles. The van der Waals surface area contributed by atoms with E-state index in [1.165, 1.54) is 0 Å². The molecule has 15 nitrogen and oxygen atoms in total. The van der Waals surface area contributed by atoms with Crippen molar-refractivity contribution in [3.05, 3.63) is 48.0 Å². The van der Waals surface area contributed by atoms with E-state index in [1.807, 2.05) is 61.8 Å². The summed E-state index contributed by atoms with van der Waals surface area (Å²) in [5, 5.41) is 21.9. The van der Waals surface area contributed by atoms with Crippen LogP contribution in [0.15, 0.2) is 36.9 Å². The SMILES string of the molecule is C=CCCNC(=O)C(=O)C(CCCCC)NC=O.CC.CCCCC(C)(CCC)C(NC(=O)NC(CN1CCC(C)(C)CC1=O)C(C)(C)C)C(=O)N1CCCC1C.Cc1ccccc1CNC(=O)O. The number of carboxylic acid groups (broad SMARTS) is 1. The second-order valence-corrected chi connectivity index (χ2v) is 20.5. The van der Waals surface area contributed by atoms with Crippen molar-refractivity contribution in [1.29, 1.82) is 0 Å². The Hall–Kier alpha value is -4.95. The lowest BCUT2D eigenvalue weighted by Gasteiger charge is -2.42. The molecule has 394 valence electrons. The molecule has 6 N–H and O–H groups in total. The number of likely N-dealkylation sites (tertiary alicyclic amines) is 2. The molecule has 0 bridgehead atoms. The average molecular weight is 970 g/mol. The molecule has 15 heteroatoms. The Kier molecular flexibility index (Phi) is 31.2. The van der Waals surface area contributed by atoms with E-state index >= 15 is 0 Å². The summed E-state index contributed by atoms with van der Waals surface area (Å²) in [7, 11) is 0. The van der Waals surface area contributed by atoms with Crippen LogP contribution in [-0.4, -0.2) is 107 Å². The monoisotopic (exact) mass is 970 g/mol. The van der Waals surface area contributed by atoms with E-state index in [2.05, 4.69) is 95.5 Å². The van der Waals surface area contributed by atoms with Crippen LogP contribution in [0, 0.1) is 23.2 Å². The lowest BCUT2D eigenvalue weighted by atomic mass is 9.73. The first-order chi connectivity index (χ1) is 32.5. The van der Waals surface area contributed by atoms with E-state index in [0.717, 1.165) is 88.3 Å². The van der Waals surface area contributed by atoms with E-state index < -0.39 is 29.9 Å². The first-order valence-electron chi connectivity index (χ1n) is 25.8. The molecular weight excluding hydrogens is 875 g/mol. The van der Waals surface area contributed by atoms with E-state index in [-0.39, 0.29) is 46.2 Å². The van der Waals surface area contributed by atoms with Gasteiger partial charge in [-0.25, -0.2) is 9.59 Å². The van der Waals surface area contributed by atoms with Crippen molar-refractivity contribution < 1.29 is 38.7 Å². The highest BCUT2D eigenvalue weighted by Crippen LogP contribution is 2.36. The van der Waals surface area contributed by atoms with Gasteiger partial charge in [-0.2, -0.15) is 0 Å². The zero-order chi connectivity index (χ0) is 52.8. The van der Waals surface area contributed by atoms with Crippen LogP contribution >= 0.6 is 0 Å². The van der Waals surface area contributed by atoms with E-state index in [4.69, 9.17) is 5.11 Å². The molecule has 7 amide bonds. The number of carbonyl (C=O) groups excluding carboxylic acids is 6. The van der Waals surface area contributed by atoms with Gasteiger partial charge < -0.3 is 41.5 Å². The molecule has 0 aromatic heterocycles. The van der Waals surface area contributed by atoms with Gasteiger partial charge in [0, 0.05) is 45.2 Å². The number of rotatable bonds is 24. The lowest BCUT2D eigenvalue weighted by molar-refractivity contribution is -0.139. The molecule has 2 aliphatic heterocycles. The van der Waals surface area contributed by atoms with Gasteiger partial charge in [0.15, 0.2) is 0 Å². The number of nitrogens with zero attached hydrogens (tertiary/aromatic N) is 2. The summed E-state index contributed by atoms with van der Waals surface area (Å²) in [6.07, 6.45) is 13.4. The molecule has 69 heavy (non-hydrogen) atoms. The summed E-state index contributed by atoms with van der Waals surface area (Å²) < 4.78 is 0. The Labute approximate surface area is 416 Å². The van der Waals surface area contributed by atoms with E-state index in [9.17, 15) is 33.6 Å². The molecule has 2 heterocycles. The minimum Gasteiger partial charge on any atom is -0.465 e. The Bertz CT molecular complexity index is 1730. The fourth-order valence-corrected chi connectivity index (χ4v) is 8.46. The molecular formula is C54H95N7O8. The predicted octanol–water partition coefficient (Wildman–Crippen LogP) is 9.46. The number of hydrogen-bond acceptors (Lipinski definition) is 7. The van der Waals surface area contributed by atoms with Gasteiger partial charge in [0.1, 0.15) is 6.04 Å². The summed E-state index contributed by atoms with van der Waals surface area (Å²) in [4.78, 5) is 88.1. The van der Waals surface area contributed by atoms with Crippen molar-refractivity contribution in [2.24, 2.45) is 16.2 Å². The van der Waals surface area contributed by atoms with Crippen LogP contribution in [-0.2, 0) is 30.5 Å². The van der Waals surface area contributed by atoms with Crippen molar-refractivity contribution in [2.45, 2.75) is 211 Å². The van der Waals surface area contributed by atoms with Gasteiger partial charge in [0.25, 0.3) is 5.91 Å². The molecule has 2 fully saturated rings. The molecule has 2 aliphatic rings. The molecule has 1 aromatic carbocycles.